The van der Waals surface area contributed by atoms with Crippen LogP contribution in [0.1, 0.15) is 35.7 Å². The van der Waals surface area contributed by atoms with E-state index in [0.717, 1.165) is 5.56 Å². The molecule has 1 aromatic rings. The Morgan fingerprint density at radius 2 is 1.89 bits per heavy atom. The third-order valence-corrected chi connectivity index (χ3v) is 3.29. The van der Waals surface area contributed by atoms with E-state index in [-0.39, 0.29) is 18.2 Å². The Balaban J connectivity index is 3.62. The number of benzene rings is 1. The van der Waals surface area contributed by atoms with Gasteiger partial charge in [-0.15, -0.1) is 0 Å². The summed E-state index contributed by atoms with van der Waals surface area (Å²) in [6.45, 7) is 3.97. The highest BCUT2D eigenvalue weighted by atomic mass is 79.9. The molecule has 0 unspecified atom stereocenters. The highest BCUT2D eigenvalue weighted by Gasteiger charge is 2.23. The number of halogens is 1. The monoisotopic (exact) mass is 315 g/mol. The van der Waals surface area contributed by atoms with Gasteiger partial charge in [0.05, 0.1) is 25.2 Å². The predicted molar refractivity (Wildman–Crippen MR) is 74.7 cm³/mol. The minimum atomic E-state index is -0.111. The number of carbonyl (C=O) groups is 1. The highest BCUT2D eigenvalue weighted by Crippen LogP contribution is 2.43. The smallest absolute Gasteiger partial charge is 0.176 e. The Hall–Kier alpha value is -1.07. The standard InChI is InChI=1S/C13H18BrNO3/c1-7(2)11-8(10(16)6-15)5-9(14)12(17-3)13(11)18-4/h5,7H,6,15H2,1-4H3. The fourth-order valence-corrected chi connectivity index (χ4v) is 2.50. The lowest BCUT2D eigenvalue weighted by Crippen LogP contribution is -2.17. The second-order valence-corrected chi connectivity index (χ2v) is 5.02. The second-order valence-electron chi connectivity index (χ2n) is 4.17. The van der Waals surface area contributed by atoms with Gasteiger partial charge in [-0.25, -0.2) is 0 Å². The first-order chi connectivity index (χ1) is 8.47. The molecule has 5 heteroatoms. The minimum absolute atomic E-state index is 0.0261. The normalized spacial score (nSPS) is 10.6. The van der Waals surface area contributed by atoms with Gasteiger partial charge in [0, 0.05) is 11.1 Å². The molecule has 0 bridgehead atoms. The van der Waals surface area contributed by atoms with E-state index in [1.165, 1.54) is 0 Å². The topological polar surface area (TPSA) is 61.5 Å². The van der Waals surface area contributed by atoms with Crippen LogP contribution >= 0.6 is 15.9 Å². The van der Waals surface area contributed by atoms with Gasteiger partial charge in [-0.1, -0.05) is 13.8 Å². The molecular formula is C13H18BrNO3. The molecule has 0 radical (unpaired) electrons. The van der Waals surface area contributed by atoms with E-state index in [2.05, 4.69) is 15.9 Å². The Labute approximate surface area is 116 Å². The van der Waals surface area contributed by atoms with E-state index < -0.39 is 0 Å². The van der Waals surface area contributed by atoms with Crippen molar-refractivity contribution >= 4 is 21.7 Å². The molecule has 1 rings (SSSR count). The molecule has 0 saturated heterocycles. The van der Waals surface area contributed by atoms with E-state index in [9.17, 15) is 4.79 Å². The average molecular weight is 316 g/mol. The van der Waals surface area contributed by atoms with E-state index in [1.807, 2.05) is 13.8 Å². The fourth-order valence-electron chi connectivity index (χ4n) is 1.93. The first-order valence-electron chi connectivity index (χ1n) is 5.65. The molecule has 0 spiro atoms. The lowest BCUT2D eigenvalue weighted by Gasteiger charge is -2.20. The number of Topliss-reactive ketones (excluding diaryl/α,β-unsaturated/α-hetero) is 1. The number of carbonyl (C=O) groups excluding carboxylic acids is 1. The van der Waals surface area contributed by atoms with E-state index >= 15 is 0 Å². The number of ether oxygens (including phenoxy) is 2. The first-order valence-corrected chi connectivity index (χ1v) is 6.44. The van der Waals surface area contributed by atoms with Crippen LogP contribution in [0, 0.1) is 0 Å². The van der Waals surface area contributed by atoms with Crippen molar-refractivity contribution in [3.05, 3.63) is 21.7 Å². The van der Waals surface area contributed by atoms with Crippen molar-refractivity contribution in [1.82, 2.24) is 0 Å². The Morgan fingerprint density at radius 1 is 1.33 bits per heavy atom. The first kappa shape index (κ1) is 15.0. The molecule has 2 N–H and O–H groups in total. The number of nitrogens with two attached hydrogens (primary N) is 1. The average Bonchev–Trinajstić information content (AvgIpc) is 2.35. The number of rotatable bonds is 5. The van der Waals surface area contributed by atoms with Crippen molar-refractivity contribution in [2.75, 3.05) is 20.8 Å². The van der Waals surface area contributed by atoms with Gasteiger partial charge >= 0.3 is 0 Å². The van der Waals surface area contributed by atoms with Crippen LogP contribution in [0.2, 0.25) is 0 Å². The van der Waals surface area contributed by atoms with Crippen molar-refractivity contribution in [1.29, 1.82) is 0 Å². The second kappa shape index (κ2) is 6.20. The van der Waals surface area contributed by atoms with Crippen molar-refractivity contribution in [2.45, 2.75) is 19.8 Å². The van der Waals surface area contributed by atoms with Gasteiger partial charge in [0.1, 0.15) is 0 Å². The molecule has 0 heterocycles. The number of hydrogen-bond donors (Lipinski definition) is 1. The largest absolute Gasteiger partial charge is 0.492 e. The SMILES string of the molecule is COc1c(Br)cc(C(=O)CN)c(C(C)C)c1OC. The maximum absolute atomic E-state index is 11.9. The molecule has 0 aromatic heterocycles. The van der Waals surface area contributed by atoms with Gasteiger partial charge in [0.15, 0.2) is 17.3 Å². The van der Waals surface area contributed by atoms with Crippen LogP contribution in [0.25, 0.3) is 0 Å². The lowest BCUT2D eigenvalue weighted by molar-refractivity contribution is 0.0999. The van der Waals surface area contributed by atoms with Gasteiger partial charge in [-0.2, -0.15) is 0 Å². The maximum Gasteiger partial charge on any atom is 0.176 e. The highest BCUT2D eigenvalue weighted by molar-refractivity contribution is 9.10. The Bertz CT molecular complexity index is 458. The zero-order valence-corrected chi connectivity index (χ0v) is 12.6. The van der Waals surface area contributed by atoms with Gasteiger partial charge in [-0.3, -0.25) is 4.79 Å². The van der Waals surface area contributed by atoms with Crippen molar-refractivity contribution in [3.8, 4) is 11.5 Å². The Kier molecular flexibility index (Phi) is 5.16. The van der Waals surface area contributed by atoms with E-state index in [4.69, 9.17) is 15.2 Å². The van der Waals surface area contributed by atoms with Gasteiger partial charge in [0.25, 0.3) is 0 Å². The predicted octanol–water partition coefficient (Wildman–Crippen LogP) is 2.73. The van der Waals surface area contributed by atoms with Crippen LogP contribution < -0.4 is 15.2 Å². The van der Waals surface area contributed by atoms with Crippen LogP contribution in [0.5, 0.6) is 11.5 Å². The van der Waals surface area contributed by atoms with Gasteiger partial charge in [0.2, 0.25) is 0 Å². The summed E-state index contributed by atoms with van der Waals surface area (Å²) in [5.74, 6) is 1.20. The van der Waals surface area contributed by atoms with Crippen LogP contribution in [-0.4, -0.2) is 26.5 Å². The van der Waals surface area contributed by atoms with Crippen LogP contribution in [-0.2, 0) is 0 Å². The Morgan fingerprint density at radius 3 is 2.28 bits per heavy atom. The van der Waals surface area contributed by atoms with Crippen molar-refractivity contribution in [2.24, 2.45) is 5.73 Å². The molecule has 0 saturated carbocycles. The quantitative estimate of drug-likeness (QED) is 0.849. The van der Waals surface area contributed by atoms with E-state index in [1.54, 1.807) is 20.3 Å². The van der Waals surface area contributed by atoms with Gasteiger partial charge in [-0.05, 0) is 27.9 Å². The molecule has 1 aromatic carbocycles. The summed E-state index contributed by atoms with van der Waals surface area (Å²) in [6.07, 6.45) is 0. The summed E-state index contributed by atoms with van der Waals surface area (Å²) in [4.78, 5) is 11.9. The molecule has 0 aliphatic carbocycles. The third-order valence-electron chi connectivity index (χ3n) is 2.70. The summed E-state index contributed by atoms with van der Waals surface area (Å²) in [5, 5.41) is 0. The zero-order valence-electron chi connectivity index (χ0n) is 11.0. The minimum Gasteiger partial charge on any atom is -0.492 e. The maximum atomic E-state index is 11.9. The molecule has 0 atom stereocenters. The molecule has 4 nitrogen and oxygen atoms in total. The lowest BCUT2D eigenvalue weighted by atomic mass is 9.93. The van der Waals surface area contributed by atoms with Gasteiger partial charge < -0.3 is 15.2 Å². The fraction of sp³-hybridized carbons (Fsp3) is 0.462. The van der Waals surface area contributed by atoms with Crippen LogP contribution in [0.3, 0.4) is 0 Å². The van der Waals surface area contributed by atoms with Crippen LogP contribution in [0.4, 0.5) is 0 Å². The molecule has 100 valence electrons. The summed E-state index contributed by atoms with van der Waals surface area (Å²) < 4.78 is 11.4. The molecule has 0 amide bonds. The van der Waals surface area contributed by atoms with Crippen molar-refractivity contribution in [3.63, 3.8) is 0 Å². The third kappa shape index (κ3) is 2.67. The number of ketones is 1. The molecule has 18 heavy (non-hydrogen) atoms. The number of methoxy groups -OCH3 is 2. The molecule has 0 aliphatic rings. The summed E-state index contributed by atoms with van der Waals surface area (Å²) in [7, 11) is 3.13. The summed E-state index contributed by atoms with van der Waals surface area (Å²) in [6, 6.07) is 1.74. The zero-order chi connectivity index (χ0) is 13.9. The van der Waals surface area contributed by atoms with Crippen LogP contribution in [0.15, 0.2) is 10.5 Å². The molecule has 0 aliphatic heterocycles. The van der Waals surface area contributed by atoms with E-state index in [0.29, 0.717) is 21.5 Å². The number of hydrogen-bond acceptors (Lipinski definition) is 4. The molecule has 0 fully saturated rings. The summed E-state index contributed by atoms with van der Waals surface area (Å²) in [5.41, 5.74) is 6.86. The van der Waals surface area contributed by atoms with Crippen molar-refractivity contribution < 1.29 is 14.3 Å². The summed E-state index contributed by atoms with van der Waals surface area (Å²) >= 11 is 3.38. The molecular weight excluding hydrogens is 298 g/mol.